The van der Waals surface area contributed by atoms with Gasteiger partial charge < -0.3 is 14.8 Å². The fourth-order valence-electron chi connectivity index (χ4n) is 3.60. The molecule has 1 spiro atoms. The summed E-state index contributed by atoms with van der Waals surface area (Å²) in [7, 11) is 1.71. The van der Waals surface area contributed by atoms with Crippen LogP contribution in [0.5, 0.6) is 11.5 Å². The first-order chi connectivity index (χ1) is 9.76. The van der Waals surface area contributed by atoms with Crippen LogP contribution in [0.1, 0.15) is 57.1 Å². The van der Waals surface area contributed by atoms with Crippen molar-refractivity contribution < 1.29 is 9.47 Å². The van der Waals surface area contributed by atoms with Crippen molar-refractivity contribution in [2.75, 3.05) is 13.7 Å². The van der Waals surface area contributed by atoms with Gasteiger partial charge in [-0.3, -0.25) is 0 Å². The van der Waals surface area contributed by atoms with Crippen molar-refractivity contribution in [1.29, 1.82) is 0 Å². The van der Waals surface area contributed by atoms with Gasteiger partial charge in [-0.15, -0.1) is 0 Å². The van der Waals surface area contributed by atoms with E-state index in [9.17, 15) is 0 Å². The van der Waals surface area contributed by atoms with Crippen LogP contribution in [-0.4, -0.2) is 19.3 Å². The molecule has 1 atom stereocenters. The summed E-state index contributed by atoms with van der Waals surface area (Å²) in [5.41, 5.74) is 1.35. The number of rotatable bonds is 4. The molecule has 0 amide bonds. The molecule has 3 rings (SSSR count). The predicted octanol–water partition coefficient (Wildman–Crippen LogP) is 3.83. The van der Waals surface area contributed by atoms with Gasteiger partial charge in [0.05, 0.1) is 7.11 Å². The second-order valence-corrected chi connectivity index (χ2v) is 6.11. The van der Waals surface area contributed by atoms with Crippen molar-refractivity contribution in [3.63, 3.8) is 0 Å². The summed E-state index contributed by atoms with van der Waals surface area (Å²) in [5, 5.41) is 3.70. The third-order valence-electron chi connectivity index (χ3n) is 4.65. The Hall–Kier alpha value is -1.22. The standard InChI is InChI=1S/C17H25NO2/c1-3-10-18-15-12-17(8-4-5-9-17)20-16-11-13(19-2)6-7-14(15)16/h6-7,11,15,18H,3-5,8-10,12H2,1-2H3. The first kappa shape index (κ1) is 13.7. The minimum Gasteiger partial charge on any atom is -0.497 e. The molecule has 20 heavy (non-hydrogen) atoms. The molecule has 110 valence electrons. The van der Waals surface area contributed by atoms with Crippen LogP contribution in [0.4, 0.5) is 0 Å². The van der Waals surface area contributed by atoms with E-state index in [0.29, 0.717) is 6.04 Å². The molecule has 3 nitrogen and oxygen atoms in total. The highest BCUT2D eigenvalue weighted by Gasteiger charge is 2.42. The SMILES string of the molecule is CCCNC1CC2(CCCC2)Oc2cc(OC)ccc21. The molecule has 1 heterocycles. The molecule has 2 aliphatic rings. The van der Waals surface area contributed by atoms with Crippen molar-refractivity contribution in [1.82, 2.24) is 5.32 Å². The first-order valence-electron chi connectivity index (χ1n) is 7.87. The average Bonchev–Trinajstić information content (AvgIpc) is 2.91. The zero-order valence-electron chi connectivity index (χ0n) is 12.6. The van der Waals surface area contributed by atoms with Crippen molar-refractivity contribution in [2.24, 2.45) is 0 Å². The largest absolute Gasteiger partial charge is 0.497 e. The number of ether oxygens (including phenoxy) is 2. The molecule has 1 saturated carbocycles. The van der Waals surface area contributed by atoms with Gasteiger partial charge in [-0.05, 0) is 44.7 Å². The van der Waals surface area contributed by atoms with Crippen molar-refractivity contribution in [3.05, 3.63) is 23.8 Å². The maximum Gasteiger partial charge on any atom is 0.128 e. The van der Waals surface area contributed by atoms with Crippen LogP contribution in [0, 0.1) is 0 Å². The average molecular weight is 275 g/mol. The molecule has 1 unspecified atom stereocenters. The number of fused-ring (bicyclic) bond motifs is 1. The topological polar surface area (TPSA) is 30.5 Å². The maximum atomic E-state index is 6.41. The maximum absolute atomic E-state index is 6.41. The number of nitrogens with one attached hydrogen (secondary N) is 1. The van der Waals surface area contributed by atoms with Crippen molar-refractivity contribution in [2.45, 2.75) is 57.1 Å². The lowest BCUT2D eigenvalue weighted by Gasteiger charge is -2.40. The van der Waals surface area contributed by atoms with Gasteiger partial charge in [0.15, 0.2) is 0 Å². The summed E-state index contributed by atoms with van der Waals surface area (Å²) < 4.78 is 11.8. The van der Waals surface area contributed by atoms with Gasteiger partial charge in [-0.25, -0.2) is 0 Å². The summed E-state index contributed by atoms with van der Waals surface area (Å²) in [6.07, 6.45) is 7.23. The van der Waals surface area contributed by atoms with E-state index in [1.54, 1.807) is 7.11 Å². The van der Waals surface area contributed by atoms with Gasteiger partial charge in [0.2, 0.25) is 0 Å². The summed E-state index contributed by atoms with van der Waals surface area (Å²) in [6.45, 7) is 3.28. The van der Waals surface area contributed by atoms with Crippen LogP contribution in [0.2, 0.25) is 0 Å². The molecule has 1 aliphatic heterocycles. The number of benzene rings is 1. The fraction of sp³-hybridized carbons (Fsp3) is 0.647. The Morgan fingerprint density at radius 3 is 2.85 bits per heavy atom. The van der Waals surface area contributed by atoms with E-state index < -0.39 is 0 Å². The van der Waals surface area contributed by atoms with E-state index in [0.717, 1.165) is 30.9 Å². The minimum absolute atomic E-state index is 0.0603. The molecular formula is C17H25NO2. The fourth-order valence-corrected chi connectivity index (χ4v) is 3.60. The van der Waals surface area contributed by atoms with Crippen LogP contribution in [0.25, 0.3) is 0 Å². The molecule has 1 aromatic rings. The molecule has 0 saturated heterocycles. The molecule has 1 aromatic carbocycles. The molecule has 1 N–H and O–H groups in total. The van der Waals surface area contributed by atoms with E-state index >= 15 is 0 Å². The Bertz CT molecular complexity index is 466. The molecule has 0 aromatic heterocycles. The summed E-state index contributed by atoms with van der Waals surface area (Å²) >= 11 is 0. The van der Waals surface area contributed by atoms with Gasteiger partial charge in [0.25, 0.3) is 0 Å². The van der Waals surface area contributed by atoms with E-state index in [-0.39, 0.29) is 5.60 Å². The van der Waals surface area contributed by atoms with Crippen LogP contribution >= 0.6 is 0 Å². The lowest BCUT2D eigenvalue weighted by molar-refractivity contribution is 0.0366. The minimum atomic E-state index is 0.0603. The van der Waals surface area contributed by atoms with E-state index in [4.69, 9.17) is 9.47 Å². The number of hydrogen-bond acceptors (Lipinski definition) is 3. The number of methoxy groups -OCH3 is 1. The van der Waals surface area contributed by atoms with Gasteiger partial charge in [0, 0.05) is 24.1 Å². The highest BCUT2D eigenvalue weighted by Crippen LogP contribution is 2.47. The Morgan fingerprint density at radius 1 is 1.35 bits per heavy atom. The summed E-state index contributed by atoms with van der Waals surface area (Å²) in [5.74, 6) is 1.90. The second kappa shape index (κ2) is 5.65. The number of hydrogen-bond donors (Lipinski definition) is 1. The van der Waals surface area contributed by atoms with Crippen LogP contribution < -0.4 is 14.8 Å². The van der Waals surface area contributed by atoms with Crippen molar-refractivity contribution >= 4 is 0 Å². The normalized spacial score (nSPS) is 23.4. The second-order valence-electron chi connectivity index (χ2n) is 6.11. The van der Waals surface area contributed by atoms with Gasteiger partial charge in [-0.2, -0.15) is 0 Å². The first-order valence-corrected chi connectivity index (χ1v) is 7.87. The molecular weight excluding hydrogens is 250 g/mol. The predicted molar refractivity (Wildman–Crippen MR) is 80.5 cm³/mol. The van der Waals surface area contributed by atoms with Crippen LogP contribution in [0.3, 0.4) is 0 Å². The van der Waals surface area contributed by atoms with Crippen LogP contribution in [0.15, 0.2) is 18.2 Å². The Morgan fingerprint density at radius 2 is 2.15 bits per heavy atom. The van der Waals surface area contributed by atoms with E-state index in [1.165, 1.54) is 31.2 Å². The lowest BCUT2D eigenvalue weighted by Crippen LogP contribution is -2.42. The van der Waals surface area contributed by atoms with E-state index in [2.05, 4.69) is 24.4 Å². The van der Waals surface area contributed by atoms with E-state index in [1.807, 2.05) is 6.07 Å². The molecule has 3 heteroatoms. The lowest BCUT2D eigenvalue weighted by atomic mass is 9.86. The summed E-state index contributed by atoms with van der Waals surface area (Å²) in [6, 6.07) is 6.66. The quantitative estimate of drug-likeness (QED) is 0.906. The zero-order valence-corrected chi connectivity index (χ0v) is 12.6. The molecule has 0 bridgehead atoms. The Balaban J connectivity index is 1.91. The van der Waals surface area contributed by atoms with Gasteiger partial charge >= 0.3 is 0 Å². The smallest absolute Gasteiger partial charge is 0.128 e. The van der Waals surface area contributed by atoms with Crippen LogP contribution in [-0.2, 0) is 0 Å². The third-order valence-corrected chi connectivity index (χ3v) is 4.65. The Labute approximate surface area is 121 Å². The van der Waals surface area contributed by atoms with Gasteiger partial charge in [-0.1, -0.05) is 13.0 Å². The van der Waals surface area contributed by atoms with Gasteiger partial charge in [0.1, 0.15) is 17.1 Å². The van der Waals surface area contributed by atoms with Crippen molar-refractivity contribution in [3.8, 4) is 11.5 Å². The third kappa shape index (κ3) is 2.51. The highest BCUT2D eigenvalue weighted by atomic mass is 16.5. The summed E-state index contributed by atoms with van der Waals surface area (Å²) in [4.78, 5) is 0. The Kier molecular flexibility index (Phi) is 3.88. The zero-order chi connectivity index (χ0) is 14.0. The molecule has 1 aliphatic carbocycles. The monoisotopic (exact) mass is 275 g/mol. The molecule has 1 fully saturated rings. The highest BCUT2D eigenvalue weighted by molar-refractivity contribution is 5.44. The molecule has 0 radical (unpaired) electrons.